The lowest BCUT2D eigenvalue weighted by Gasteiger charge is -2.04. The van der Waals surface area contributed by atoms with Crippen molar-refractivity contribution in [2.75, 3.05) is 7.11 Å². The molecule has 1 heterocycles. The fourth-order valence-corrected chi connectivity index (χ4v) is 2.00. The van der Waals surface area contributed by atoms with Crippen molar-refractivity contribution >= 4 is 22.6 Å². The van der Waals surface area contributed by atoms with Crippen LogP contribution in [0.4, 0.5) is 0 Å². The van der Waals surface area contributed by atoms with E-state index < -0.39 is 0 Å². The first kappa shape index (κ1) is 9.58. The van der Waals surface area contributed by atoms with Gasteiger partial charge in [-0.25, -0.2) is 0 Å². The molecule has 0 aliphatic carbocycles. The number of furan rings is 1. The van der Waals surface area contributed by atoms with E-state index in [1.165, 1.54) is 0 Å². The molecular formula is C11H9IO2. The normalized spacial score (nSPS) is 10.1. The smallest absolute Gasteiger partial charge is 0.133 e. The molecule has 0 unspecified atom stereocenters. The van der Waals surface area contributed by atoms with E-state index in [1.54, 1.807) is 13.4 Å². The Balaban J connectivity index is 2.43. The van der Waals surface area contributed by atoms with Crippen LogP contribution in [0.15, 0.2) is 41.0 Å². The number of methoxy groups -OCH3 is 1. The first-order chi connectivity index (χ1) is 6.81. The molecule has 0 aliphatic heterocycles. The zero-order valence-corrected chi connectivity index (χ0v) is 9.82. The highest BCUT2D eigenvalue weighted by molar-refractivity contribution is 14.1. The minimum atomic E-state index is 0.880. The summed E-state index contributed by atoms with van der Waals surface area (Å²) in [6.07, 6.45) is 1.67. The van der Waals surface area contributed by atoms with Crippen molar-refractivity contribution in [1.29, 1.82) is 0 Å². The van der Waals surface area contributed by atoms with Gasteiger partial charge in [0.05, 0.1) is 16.9 Å². The summed E-state index contributed by atoms with van der Waals surface area (Å²) in [4.78, 5) is 0. The Hall–Kier alpha value is -0.970. The third-order valence-electron chi connectivity index (χ3n) is 1.96. The molecule has 1 aromatic heterocycles. The molecule has 3 heteroatoms. The van der Waals surface area contributed by atoms with Crippen LogP contribution in [-0.2, 0) is 0 Å². The molecule has 0 spiro atoms. The maximum absolute atomic E-state index is 5.30. The predicted molar refractivity (Wildman–Crippen MR) is 63.4 cm³/mol. The second kappa shape index (κ2) is 4.04. The quantitative estimate of drug-likeness (QED) is 0.791. The Kier molecular flexibility index (Phi) is 2.77. The van der Waals surface area contributed by atoms with Crippen LogP contribution in [0.2, 0.25) is 0 Å². The Labute approximate surface area is 96.0 Å². The van der Waals surface area contributed by atoms with Gasteiger partial charge in [0, 0.05) is 5.56 Å². The van der Waals surface area contributed by atoms with Crippen LogP contribution >= 0.6 is 22.6 Å². The molecule has 2 nitrogen and oxygen atoms in total. The largest absolute Gasteiger partial charge is 0.496 e. The van der Waals surface area contributed by atoms with Crippen molar-refractivity contribution in [2.24, 2.45) is 0 Å². The molecule has 0 aliphatic rings. The van der Waals surface area contributed by atoms with Gasteiger partial charge in [-0.15, -0.1) is 0 Å². The van der Waals surface area contributed by atoms with Crippen LogP contribution in [0.3, 0.4) is 0 Å². The molecular weight excluding hydrogens is 291 g/mol. The first-order valence-electron chi connectivity index (χ1n) is 4.18. The van der Waals surface area contributed by atoms with Gasteiger partial charge in [0.1, 0.15) is 11.5 Å². The minimum absolute atomic E-state index is 0.880. The lowest BCUT2D eigenvalue weighted by atomic mass is 10.2. The maximum atomic E-state index is 5.30. The fraction of sp³-hybridized carbons (Fsp3) is 0.0909. The SMILES string of the molecule is COc1ccc(-c2ccco2)cc1I. The topological polar surface area (TPSA) is 22.4 Å². The Morgan fingerprint density at radius 3 is 2.71 bits per heavy atom. The number of benzene rings is 1. The molecule has 1 aromatic carbocycles. The molecule has 2 rings (SSSR count). The van der Waals surface area contributed by atoms with Gasteiger partial charge in [-0.1, -0.05) is 0 Å². The lowest BCUT2D eigenvalue weighted by molar-refractivity contribution is 0.412. The summed E-state index contributed by atoms with van der Waals surface area (Å²) in [7, 11) is 1.67. The van der Waals surface area contributed by atoms with Crippen molar-refractivity contribution < 1.29 is 9.15 Å². The standard InChI is InChI=1S/C11H9IO2/c1-13-11-5-4-8(7-9(11)12)10-3-2-6-14-10/h2-7H,1H3. The Morgan fingerprint density at radius 1 is 1.29 bits per heavy atom. The molecule has 0 amide bonds. The van der Waals surface area contributed by atoms with Gasteiger partial charge in [0.2, 0.25) is 0 Å². The fourth-order valence-electron chi connectivity index (χ4n) is 1.26. The van der Waals surface area contributed by atoms with Crippen LogP contribution in [0.1, 0.15) is 0 Å². The monoisotopic (exact) mass is 300 g/mol. The highest BCUT2D eigenvalue weighted by Gasteiger charge is 2.04. The summed E-state index contributed by atoms with van der Waals surface area (Å²) in [6.45, 7) is 0. The molecule has 0 saturated carbocycles. The van der Waals surface area contributed by atoms with E-state index in [0.29, 0.717) is 0 Å². The van der Waals surface area contributed by atoms with Crippen molar-refractivity contribution in [1.82, 2.24) is 0 Å². The van der Waals surface area contributed by atoms with E-state index in [2.05, 4.69) is 22.6 Å². The van der Waals surface area contributed by atoms with Crippen molar-refractivity contribution in [2.45, 2.75) is 0 Å². The zero-order valence-electron chi connectivity index (χ0n) is 7.66. The third-order valence-corrected chi connectivity index (χ3v) is 2.80. The summed E-state index contributed by atoms with van der Waals surface area (Å²) < 4.78 is 11.6. The zero-order chi connectivity index (χ0) is 9.97. The van der Waals surface area contributed by atoms with Crippen molar-refractivity contribution in [3.05, 3.63) is 40.2 Å². The molecule has 72 valence electrons. The molecule has 0 fully saturated rings. The van der Waals surface area contributed by atoms with E-state index in [9.17, 15) is 0 Å². The molecule has 0 saturated heterocycles. The van der Waals surface area contributed by atoms with E-state index in [4.69, 9.17) is 9.15 Å². The maximum Gasteiger partial charge on any atom is 0.133 e. The number of rotatable bonds is 2. The van der Waals surface area contributed by atoms with Crippen LogP contribution in [0.5, 0.6) is 5.75 Å². The summed E-state index contributed by atoms with van der Waals surface area (Å²) in [5.41, 5.74) is 1.07. The molecule has 0 bridgehead atoms. The highest BCUT2D eigenvalue weighted by atomic mass is 127. The highest BCUT2D eigenvalue weighted by Crippen LogP contribution is 2.27. The van der Waals surface area contributed by atoms with Crippen molar-refractivity contribution in [3.8, 4) is 17.1 Å². The van der Waals surface area contributed by atoms with Crippen LogP contribution < -0.4 is 4.74 Å². The van der Waals surface area contributed by atoms with Gasteiger partial charge in [0.25, 0.3) is 0 Å². The van der Waals surface area contributed by atoms with Gasteiger partial charge in [0.15, 0.2) is 0 Å². The van der Waals surface area contributed by atoms with Gasteiger partial charge < -0.3 is 9.15 Å². The van der Waals surface area contributed by atoms with E-state index in [1.807, 2.05) is 30.3 Å². The van der Waals surface area contributed by atoms with Crippen LogP contribution in [-0.4, -0.2) is 7.11 Å². The average Bonchev–Trinajstić information content (AvgIpc) is 2.70. The van der Waals surface area contributed by atoms with E-state index in [-0.39, 0.29) is 0 Å². The Bertz CT molecular complexity index is 421. The number of hydrogen-bond acceptors (Lipinski definition) is 2. The van der Waals surface area contributed by atoms with Crippen molar-refractivity contribution in [3.63, 3.8) is 0 Å². The molecule has 0 radical (unpaired) electrons. The average molecular weight is 300 g/mol. The molecule has 0 atom stereocenters. The van der Waals surface area contributed by atoms with Gasteiger partial charge in [-0.05, 0) is 52.9 Å². The van der Waals surface area contributed by atoms with Gasteiger partial charge in [-0.2, -0.15) is 0 Å². The summed E-state index contributed by atoms with van der Waals surface area (Å²) in [5.74, 6) is 1.77. The first-order valence-corrected chi connectivity index (χ1v) is 5.26. The van der Waals surface area contributed by atoms with Crippen LogP contribution in [0, 0.1) is 3.57 Å². The van der Waals surface area contributed by atoms with Gasteiger partial charge >= 0.3 is 0 Å². The molecule has 0 N–H and O–H groups in total. The van der Waals surface area contributed by atoms with Crippen LogP contribution in [0.25, 0.3) is 11.3 Å². The summed E-state index contributed by atoms with van der Waals surface area (Å²) in [5, 5.41) is 0. The second-order valence-corrected chi connectivity index (χ2v) is 3.99. The summed E-state index contributed by atoms with van der Waals surface area (Å²) in [6, 6.07) is 9.79. The number of halogens is 1. The van der Waals surface area contributed by atoms with E-state index in [0.717, 1.165) is 20.6 Å². The number of hydrogen-bond donors (Lipinski definition) is 0. The predicted octanol–water partition coefficient (Wildman–Crippen LogP) is 3.56. The lowest BCUT2D eigenvalue weighted by Crippen LogP contribution is -1.86. The molecule has 14 heavy (non-hydrogen) atoms. The number of ether oxygens (including phenoxy) is 1. The summed E-state index contributed by atoms with van der Waals surface area (Å²) >= 11 is 2.24. The van der Waals surface area contributed by atoms with Gasteiger partial charge in [-0.3, -0.25) is 0 Å². The molecule has 2 aromatic rings. The Morgan fingerprint density at radius 2 is 2.14 bits per heavy atom. The third kappa shape index (κ3) is 1.77. The minimum Gasteiger partial charge on any atom is -0.496 e. The second-order valence-electron chi connectivity index (χ2n) is 2.83. The van der Waals surface area contributed by atoms with E-state index >= 15 is 0 Å².